The Morgan fingerprint density at radius 2 is 1.18 bits per heavy atom. The fraction of sp³-hybridized carbons (Fsp3) is 1.00. The van der Waals surface area contributed by atoms with Crippen molar-refractivity contribution in [1.29, 1.82) is 0 Å². The van der Waals surface area contributed by atoms with E-state index in [0.29, 0.717) is 19.3 Å². The zero-order chi connectivity index (χ0) is 37.3. The van der Waals surface area contributed by atoms with Crippen LogP contribution in [-0.2, 0) is 14.2 Å². The van der Waals surface area contributed by atoms with Crippen LogP contribution in [0.3, 0.4) is 0 Å². The maximum atomic E-state index is 14.3. The molecule has 51 heavy (non-hydrogen) atoms. The molecule has 2 heterocycles. The molecule has 0 bridgehead atoms. The molecule has 0 amide bonds. The smallest absolute Gasteiger partial charge is 0.394 e. The number of halogens is 3. The van der Waals surface area contributed by atoms with Crippen LogP contribution in [0.2, 0.25) is 0 Å². The van der Waals surface area contributed by atoms with Gasteiger partial charge in [0.1, 0.15) is 30.5 Å². The first-order valence-corrected chi connectivity index (χ1v) is 20.6. The van der Waals surface area contributed by atoms with Gasteiger partial charge in [0.05, 0.1) is 38.6 Å². The van der Waals surface area contributed by atoms with E-state index in [-0.39, 0.29) is 12.8 Å². The third-order valence-corrected chi connectivity index (χ3v) is 10.7. The molecule has 12 heteroatoms. The highest BCUT2D eigenvalue weighted by molar-refractivity contribution is 4.90. The Morgan fingerprint density at radius 1 is 0.686 bits per heavy atom. The lowest BCUT2D eigenvalue weighted by atomic mass is 9.98. The highest BCUT2D eigenvalue weighted by Gasteiger charge is 2.45. The van der Waals surface area contributed by atoms with Crippen molar-refractivity contribution in [3.63, 3.8) is 0 Å². The molecular weight excluding hydrogens is 667 g/mol. The maximum Gasteiger partial charge on any atom is 0.403 e. The summed E-state index contributed by atoms with van der Waals surface area (Å²) in [5, 5.41) is 53.9. The van der Waals surface area contributed by atoms with Crippen molar-refractivity contribution in [3.8, 4) is 0 Å². The first kappa shape index (κ1) is 46.6. The number of ether oxygens (including phenoxy) is 3. The van der Waals surface area contributed by atoms with Gasteiger partial charge in [-0.15, -0.1) is 0 Å². The van der Waals surface area contributed by atoms with Crippen LogP contribution in [0.25, 0.3) is 0 Å². The molecule has 2 fully saturated rings. The van der Waals surface area contributed by atoms with Crippen molar-refractivity contribution in [1.82, 2.24) is 5.32 Å². The Labute approximate surface area is 306 Å². The van der Waals surface area contributed by atoms with E-state index in [1.54, 1.807) is 0 Å². The van der Waals surface area contributed by atoms with E-state index in [0.717, 1.165) is 64.1 Å². The number of hydrogen-bond donors (Lipinski definition) is 6. The number of aliphatic hydroxyl groups excluding tert-OH is 5. The van der Waals surface area contributed by atoms with E-state index in [9.17, 15) is 38.7 Å². The van der Waals surface area contributed by atoms with Crippen LogP contribution in [0, 0.1) is 5.92 Å². The van der Waals surface area contributed by atoms with Crippen molar-refractivity contribution in [2.75, 3.05) is 26.4 Å². The van der Waals surface area contributed by atoms with Gasteiger partial charge in [-0.3, -0.25) is 5.32 Å². The van der Waals surface area contributed by atoms with Gasteiger partial charge in [0.2, 0.25) is 0 Å². The highest BCUT2D eigenvalue weighted by atomic mass is 19.4. The van der Waals surface area contributed by atoms with Gasteiger partial charge in [0.15, 0.2) is 6.29 Å². The van der Waals surface area contributed by atoms with E-state index in [1.165, 1.54) is 77.0 Å². The predicted octanol–water partition coefficient (Wildman–Crippen LogP) is 7.08. The number of nitrogens with one attached hydrogen (secondary N) is 1. The fourth-order valence-electron chi connectivity index (χ4n) is 7.14. The van der Waals surface area contributed by atoms with E-state index < -0.39 is 68.3 Å². The molecule has 0 aromatic heterocycles. The molecule has 304 valence electrons. The minimum absolute atomic E-state index is 0.130. The summed E-state index contributed by atoms with van der Waals surface area (Å²) in [6.07, 6.45) is 10.7. The van der Waals surface area contributed by atoms with Gasteiger partial charge in [0.25, 0.3) is 0 Å². The zero-order valence-electron chi connectivity index (χ0n) is 31.6. The summed E-state index contributed by atoms with van der Waals surface area (Å²) >= 11 is 0. The third kappa shape index (κ3) is 20.1. The average Bonchev–Trinajstić information content (AvgIpc) is 3.08. The molecule has 9 nitrogen and oxygen atoms in total. The van der Waals surface area contributed by atoms with E-state index in [2.05, 4.69) is 12.2 Å². The van der Waals surface area contributed by atoms with Crippen molar-refractivity contribution in [2.24, 2.45) is 5.92 Å². The van der Waals surface area contributed by atoms with Crippen LogP contribution in [0.1, 0.15) is 161 Å². The summed E-state index contributed by atoms with van der Waals surface area (Å²) < 4.78 is 59.0. The Bertz CT molecular complexity index is 822. The SMILES string of the molecule is CCCCCCCCCCCCCCC[C@@H](O)[C@H](COC1OC(CO)C(O)C(O)C1O)NC(CCCCCCCCCCC1COC1)C(F)(F)F. The van der Waals surface area contributed by atoms with Gasteiger partial charge in [-0.05, 0) is 19.3 Å². The Balaban J connectivity index is 1.80. The van der Waals surface area contributed by atoms with E-state index in [4.69, 9.17) is 14.2 Å². The molecule has 0 aromatic rings. The molecule has 2 rings (SSSR count). The molecule has 2 saturated heterocycles. The van der Waals surface area contributed by atoms with Crippen molar-refractivity contribution in [3.05, 3.63) is 0 Å². The molecule has 0 aromatic carbocycles. The van der Waals surface area contributed by atoms with E-state index in [1.807, 2.05) is 0 Å². The number of alkyl halides is 3. The second kappa shape index (κ2) is 27.9. The summed E-state index contributed by atoms with van der Waals surface area (Å²) in [5.41, 5.74) is 0. The summed E-state index contributed by atoms with van der Waals surface area (Å²) in [7, 11) is 0. The van der Waals surface area contributed by atoms with Crippen LogP contribution >= 0.6 is 0 Å². The zero-order valence-corrected chi connectivity index (χ0v) is 31.6. The summed E-state index contributed by atoms with van der Waals surface area (Å²) in [6.45, 7) is 2.92. The third-order valence-electron chi connectivity index (χ3n) is 10.7. The molecule has 6 unspecified atom stereocenters. The quantitative estimate of drug-likeness (QED) is 0.0399. The maximum absolute atomic E-state index is 14.3. The van der Waals surface area contributed by atoms with Crippen LogP contribution in [-0.4, -0.2) is 107 Å². The monoisotopic (exact) mass is 742 g/mol. The highest BCUT2D eigenvalue weighted by Crippen LogP contribution is 2.27. The minimum Gasteiger partial charge on any atom is -0.394 e. The van der Waals surface area contributed by atoms with Gasteiger partial charge in [0, 0.05) is 5.92 Å². The number of unbranched alkanes of at least 4 members (excludes halogenated alkanes) is 19. The number of rotatable bonds is 32. The van der Waals surface area contributed by atoms with Gasteiger partial charge in [-0.2, -0.15) is 13.2 Å². The van der Waals surface area contributed by atoms with Crippen LogP contribution < -0.4 is 5.32 Å². The topological polar surface area (TPSA) is 141 Å². The average molecular weight is 742 g/mol. The van der Waals surface area contributed by atoms with Crippen molar-refractivity contribution in [2.45, 2.75) is 216 Å². The van der Waals surface area contributed by atoms with Crippen molar-refractivity contribution < 1.29 is 52.9 Å². The predicted molar refractivity (Wildman–Crippen MR) is 193 cm³/mol. The number of hydrogen-bond acceptors (Lipinski definition) is 9. The molecule has 2 aliphatic rings. The first-order valence-electron chi connectivity index (χ1n) is 20.6. The molecule has 0 aliphatic carbocycles. The standard InChI is InChI=1S/C39H74F3NO8/c1-2-3-4-5-6-7-8-9-10-11-15-18-21-24-32(45)31(29-50-38-37(48)36(47)35(46)33(26-44)51-38)43-34(39(40,41)42)25-22-19-16-13-12-14-17-20-23-30-27-49-28-30/h30-38,43-48H,2-29H2,1H3/t31-,32+,33?,34?,35?,36?,37?,38?/m0/s1. The Morgan fingerprint density at radius 3 is 1.65 bits per heavy atom. The molecule has 2 aliphatic heterocycles. The van der Waals surface area contributed by atoms with Gasteiger partial charge in [-0.25, -0.2) is 0 Å². The summed E-state index contributed by atoms with van der Waals surface area (Å²) in [6, 6.07) is -2.97. The Hall–Kier alpha value is -0.570. The van der Waals surface area contributed by atoms with Crippen LogP contribution in [0.4, 0.5) is 13.2 Å². The molecule has 0 spiro atoms. The van der Waals surface area contributed by atoms with Crippen molar-refractivity contribution >= 4 is 0 Å². The van der Waals surface area contributed by atoms with E-state index >= 15 is 0 Å². The van der Waals surface area contributed by atoms with Crippen LogP contribution in [0.5, 0.6) is 0 Å². The van der Waals surface area contributed by atoms with Gasteiger partial charge >= 0.3 is 6.18 Å². The molecule has 6 N–H and O–H groups in total. The second-order valence-corrected chi connectivity index (χ2v) is 15.3. The molecule has 0 radical (unpaired) electrons. The number of aliphatic hydroxyl groups is 5. The largest absolute Gasteiger partial charge is 0.403 e. The molecule has 8 atom stereocenters. The lowest BCUT2D eigenvalue weighted by Crippen LogP contribution is -2.60. The van der Waals surface area contributed by atoms with Crippen LogP contribution in [0.15, 0.2) is 0 Å². The first-order chi connectivity index (χ1) is 24.6. The van der Waals surface area contributed by atoms with Gasteiger partial charge < -0.3 is 39.7 Å². The summed E-state index contributed by atoms with van der Waals surface area (Å²) in [5.74, 6) is 0.722. The molecular formula is C39H74F3NO8. The van der Waals surface area contributed by atoms with Gasteiger partial charge in [-0.1, -0.05) is 142 Å². The lowest BCUT2D eigenvalue weighted by Gasteiger charge is -2.40. The lowest BCUT2D eigenvalue weighted by molar-refractivity contribution is -0.303. The minimum atomic E-state index is -4.54. The fourth-order valence-corrected chi connectivity index (χ4v) is 7.14. The Kier molecular flexibility index (Phi) is 25.5. The molecule has 0 saturated carbocycles. The second-order valence-electron chi connectivity index (χ2n) is 15.3. The normalized spacial score (nSPS) is 24.8. The summed E-state index contributed by atoms with van der Waals surface area (Å²) in [4.78, 5) is 0.